The number of benzene rings is 2. The quantitative estimate of drug-likeness (QED) is 0.669. The summed E-state index contributed by atoms with van der Waals surface area (Å²) >= 11 is 0. The highest BCUT2D eigenvalue weighted by molar-refractivity contribution is 7.91. The highest BCUT2D eigenvalue weighted by atomic mass is 32.2. The van der Waals surface area contributed by atoms with E-state index in [1.54, 1.807) is 24.3 Å². The van der Waals surface area contributed by atoms with Crippen molar-refractivity contribution in [3.63, 3.8) is 0 Å². The number of hydrogen-bond donors (Lipinski definition) is 1. The maximum atomic E-state index is 12.3. The van der Waals surface area contributed by atoms with Crippen molar-refractivity contribution < 1.29 is 13.2 Å². The summed E-state index contributed by atoms with van der Waals surface area (Å²) in [5.41, 5.74) is 3.16. The summed E-state index contributed by atoms with van der Waals surface area (Å²) in [6.07, 6.45) is 0. The number of nitriles is 1. The lowest BCUT2D eigenvalue weighted by molar-refractivity contribution is -0.118. The summed E-state index contributed by atoms with van der Waals surface area (Å²) in [5, 5.41) is 11.5. The average Bonchev–Trinajstić information content (AvgIpc) is 2.74. The fourth-order valence-corrected chi connectivity index (χ4v) is 4.84. The molecule has 31 heavy (non-hydrogen) atoms. The number of hydrogen-bond acceptors (Lipinski definition) is 6. The Balaban J connectivity index is 1.49. The van der Waals surface area contributed by atoms with E-state index in [9.17, 15) is 13.2 Å². The van der Waals surface area contributed by atoms with Crippen molar-refractivity contribution in [2.24, 2.45) is 0 Å². The summed E-state index contributed by atoms with van der Waals surface area (Å²) in [5.74, 6) is -1.31. The monoisotopic (exact) mass is 440 g/mol. The van der Waals surface area contributed by atoms with Crippen molar-refractivity contribution in [3.8, 4) is 6.07 Å². The second-order valence-electron chi connectivity index (χ2n) is 8.02. The zero-order chi connectivity index (χ0) is 22.3. The van der Waals surface area contributed by atoms with Crippen LogP contribution in [0.25, 0.3) is 0 Å². The minimum atomic E-state index is -3.60. The third-order valence-corrected chi connectivity index (χ3v) is 6.78. The van der Waals surface area contributed by atoms with Crippen LogP contribution in [0.1, 0.15) is 22.3 Å². The van der Waals surface area contributed by atoms with Gasteiger partial charge < -0.3 is 10.2 Å². The molecule has 164 valence electrons. The van der Waals surface area contributed by atoms with Gasteiger partial charge in [-0.05, 0) is 35.9 Å². The Bertz CT molecular complexity index is 1040. The first-order valence-corrected chi connectivity index (χ1v) is 12.1. The largest absolute Gasteiger partial charge is 0.351 e. The average molecular weight is 441 g/mol. The number of piperazine rings is 1. The predicted molar refractivity (Wildman–Crippen MR) is 120 cm³/mol. The predicted octanol–water partition coefficient (Wildman–Crippen LogP) is 1.54. The molecule has 0 unspecified atom stereocenters. The number of nitrogens with zero attached hydrogens (tertiary/aromatic N) is 3. The van der Waals surface area contributed by atoms with Crippen molar-refractivity contribution in [3.05, 3.63) is 70.8 Å². The van der Waals surface area contributed by atoms with Crippen molar-refractivity contribution in [1.29, 1.82) is 5.26 Å². The van der Waals surface area contributed by atoms with Crippen LogP contribution >= 0.6 is 0 Å². The van der Waals surface area contributed by atoms with E-state index in [0.29, 0.717) is 17.7 Å². The maximum absolute atomic E-state index is 12.3. The van der Waals surface area contributed by atoms with Crippen LogP contribution in [0, 0.1) is 11.3 Å². The lowest BCUT2D eigenvalue weighted by atomic mass is 10.1. The summed E-state index contributed by atoms with van der Waals surface area (Å²) in [7, 11) is -1.47. The van der Waals surface area contributed by atoms with Crippen molar-refractivity contribution >= 4 is 15.7 Å². The Morgan fingerprint density at radius 2 is 1.71 bits per heavy atom. The maximum Gasteiger partial charge on any atom is 0.235 e. The van der Waals surface area contributed by atoms with Gasteiger partial charge in [-0.15, -0.1) is 0 Å². The molecule has 0 atom stereocenters. The van der Waals surface area contributed by atoms with Crippen LogP contribution in [0.5, 0.6) is 0 Å². The van der Waals surface area contributed by atoms with Gasteiger partial charge in [0.2, 0.25) is 5.91 Å². The molecule has 0 aromatic heterocycles. The molecule has 7 nitrogen and oxygen atoms in total. The van der Waals surface area contributed by atoms with E-state index in [1.807, 2.05) is 18.2 Å². The van der Waals surface area contributed by atoms with E-state index >= 15 is 0 Å². The van der Waals surface area contributed by atoms with E-state index in [-0.39, 0.29) is 5.75 Å². The first kappa shape index (κ1) is 22.9. The number of carbonyl (C=O) groups is 1. The summed E-state index contributed by atoms with van der Waals surface area (Å²) < 4.78 is 24.7. The Kier molecular flexibility index (Phi) is 7.80. The minimum Gasteiger partial charge on any atom is -0.351 e. The third-order valence-electron chi connectivity index (χ3n) is 5.30. The van der Waals surface area contributed by atoms with Crippen LogP contribution in [0.15, 0.2) is 48.5 Å². The molecule has 1 fully saturated rings. The van der Waals surface area contributed by atoms with E-state index in [4.69, 9.17) is 5.26 Å². The molecular formula is C23H28N4O3S. The summed E-state index contributed by atoms with van der Waals surface area (Å²) in [4.78, 5) is 16.9. The normalized spacial score (nSPS) is 15.4. The van der Waals surface area contributed by atoms with Gasteiger partial charge in [0.1, 0.15) is 5.75 Å². The lowest BCUT2D eigenvalue weighted by Gasteiger charge is -2.32. The van der Waals surface area contributed by atoms with Gasteiger partial charge >= 0.3 is 0 Å². The van der Waals surface area contributed by atoms with E-state index in [1.165, 1.54) is 5.56 Å². The standard InChI is InChI=1S/C23H28N4O3S/c1-26-9-11-27(12-10-26)16-22-4-2-3-21(13-22)15-25-23(28)18-31(29,30)17-20-7-5-19(14-24)6-8-20/h2-8,13H,9-12,15-18H2,1H3,(H,25,28). The number of nitrogens with one attached hydrogen (secondary N) is 1. The van der Waals surface area contributed by atoms with Gasteiger partial charge in [0.15, 0.2) is 9.84 Å². The Morgan fingerprint density at radius 1 is 1.03 bits per heavy atom. The molecule has 1 heterocycles. The SMILES string of the molecule is CN1CCN(Cc2cccc(CNC(=O)CS(=O)(=O)Cc3ccc(C#N)cc3)c2)CC1. The van der Waals surface area contributed by atoms with Crippen LogP contribution in [0.3, 0.4) is 0 Å². The molecule has 0 spiro atoms. The molecule has 0 radical (unpaired) electrons. The second kappa shape index (κ2) is 10.5. The van der Waals surface area contributed by atoms with Crippen molar-refractivity contribution in [2.75, 3.05) is 39.0 Å². The molecule has 0 aliphatic carbocycles. The lowest BCUT2D eigenvalue weighted by Crippen LogP contribution is -2.43. The zero-order valence-electron chi connectivity index (χ0n) is 17.8. The van der Waals surface area contributed by atoms with Crippen LogP contribution in [0.4, 0.5) is 0 Å². The van der Waals surface area contributed by atoms with Crippen LogP contribution in [-0.2, 0) is 33.5 Å². The van der Waals surface area contributed by atoms with Crippen LogP contribution in [0.2, 0.25) is 0 Å². The first-order chi connectivity index (χ1) is 14.8. The summed E-state index contributed by atoms with van der Waals surface area (Å²) in [6.45, 7) is 5.36. The van der Waals surface area contributed by atoms with Gasteiger partial charge in [-0.3, -0.25) is 9.69 Å². The molecule has 1 aliphatic rings. The highest BCUT2D eigenvalue weighted by Crippen LogP contribution is 2.11. The topological polar surface area (TPSA) is 93.5 Å². The van der Waals surface area contributed by atoms with Gasteiger partial charge in [-0.25, -0.2) is 8.42 Å². The minimum absolute atomic E-state index is 0.230. The number of likely N-dealkylation sites (N-methyl/N-ethyl adjacent to an activating group) is 1. The second-order valence-corrected chi connectivity index (χ2v) is 10.1. The van der Waals surface area contributed by atoms with Crippen LogP contribution in [-0.4, -0.2) is 63.1 Å². The Labute approximate surface area is 184 Å². The van der Waals surface area contributed by atoms with E-state index in [2.05, 4.69) is 34.3 Å². The summed E-state index contributed by atoms with van der Waals surface area (Å²) in [6, 6.07) is 16.4. The van der Waals surface area contributed by atoms with Crippen molar-refractivity contribution in [1.82, 2.24) is 15.1 Å². The van der Waals surface area contributed by atoms with Gasteiger partial charge in [0.25, 0.3) is 0 Å². The van der Waals surface area contributed by atoms with Gasteiger partial charge in [-0.2, -0.15) is 5.26 Å². The molecule has 1 amide bonds. The molecule has 1 saturated heterocycles. The van der Waals surface area contributed by atoms with Crippen LogP contribution < -0.4 is 5.32 Å². The fourth-order valence-electron chi connectivity index (χ4n) is 3.53. The van der Waals surface area contributed by atoms with E-state index < -0.39 is 21.5 Å². The molecule has 1 N–H and O–H groups in total. The molecule has 0 saturated carbocycles. The van der Waals surface area contributed by atoms with Gasteiger partial charge in [0.05, 0.1) is 17.4 Å². The zero-order valence-corrected chi connectivity index (χ0v) is 18.6. The number of rotatable bonds is 8. The van der Waals surface area contributed by atoms with Crippen molar-refractivity contribution in [2.45, 2.75) is 18.8 Å². The molecule has 3 rings (SSSR count). The molecule has 1 aliphatic heterocycles. The number of amides is 1. The molecule has 0 bridgehead atoms. The Morgan fingerprint density at radius 3 is 2.39 bits per heavy atom. The van der Waals surface area contributed by atoms with Gasteiger partial charge in [-0.1, -0.05) is 36.4 Å². The smallest absolute Gasteiger partial charge is 0.235 e. The highest BCUT2D eigenvalue weighted by Gasteiger charge is 2.18. The van der Waals surface area contributed by atoms with E-state index in [0.717, 1.165) is 38.3 Å². The number of carbonyl (C=O) groups excluding carboxylic acids is 1. The molecule has 8 heteroatoms. The fraction of sp³-hybridized carbons (Fsp3) is 0.391. The Hall–Kier alpha value is -2.73. The molecular weight excluding hydrogens is 412 g/mol. The first-order valence-electron chi connectivity index (χ1n) is 10.3. The molecule has 2 aromatic carbocycles. The van der Waals surface area contributed by atoms with Gasteiger partial charge in [0, 0.05) is 39.3 Å². The number of sulfone groups is 1. The third kappa shape index (κ3) is 7.47. The molecule has 2 aromatic rings.